The predicted molar refractivity (Wildman–Crippen MR) is 44.0 cm³/mol. The average molecular weight is 156 g/mol. The van der Waals surface area contributed by atoms with Crippen molar-refractivity contribution in [2.45, 2.75) is 32.9 Å². The summed E-state index contributed by atoms with van der Waals surface area (Å²) in [7, 11) is 0. The average Bonchev–Trinajstić information content (AvgIpc) is 2.33. The van der Waals surface area contributed by atoms with Gasteiger partial charge in [-0.15, -0.1) is 0 Å². The van der Waals surface area contributed by atoms with Crippen LogP contribution >= 0.6 is 0 Å². The van der Waals surface area contributed by atoms with E-state index in [-0.39, 0.29) is 11.6 Å². The molecule has 0 spiro atoms. The molecule has 1 unspecified atom stereocenters. The summed E-state index contributed by atoms with van der Waals surface area (Å²) < 4.78 is 0. The van der Waals surface area contributed by atoms with Crippen LogP contribution in [0.4, 0.5) is 0 Å². The monoisotopic (exact) mass is 156 g/mol. The molecule has 0 aromatic heterocycles. The molecule has 0 radical (unpaired) electrons. The number of hydrogen-bond acceptors (Lipinski definition) is 2. The molecule has 1 fully saturated rings. The molecule has 0 saturated carbocycles. The third-order valence-electron chi connectivity index (χ3n) is 2.47. The molecule has 1 aliphatic heterocycles. The molecule has 0 aromatic rings. The summed E-state index contributed by atoms with van der Waals surface area (Å²) in [5.41, 5.74) is -0.142. The van der Waals surface area contributed by atoms with Crippen molar-refractivity contribution in [1.82, 2.24) is 10.6 Å². The van der Waals surface area contributed by atoms with Gasteiger partial charge in [-0.05, 0) is 12.3 Å². The molecule has 1 aliphatic rings. The van der Waals surface area contributed by atoms with Crippen LogP contribution in [-0.4, -0.2) is 18.1 Å². The SMILES string of the molecule is CCC1(C(C)C)NCC(=O)N1. The molecular formula is C8H16N2O. The van der Waals surface area contributed by atoms with Crippen LogP contribution in [-0.2, 0) is 4.79 Å². The number of rotatable bonds is 2. The number of hydrogen-bond donors (Lipinski definition) is 2. The first-order valence-corrected chi connectivity index (χ1v) is 4.17. The van der Waals surface area contributed by atoms with E-state index in [9.17, 15) is 4.79 Å². The van der Waals surface area contributed by atoms with Crippen molar-refractivity contribution in [2.24, 2.45) is 5.92 Å². The summed E-state index contributed by atoms with van der Waals surface area (Å²) in [6.07, 6.45) is 0.941. The second kappa shape index (κ2) is 2.81. The van der Waals surface area contributed by atoms with Crippen LogP contribution < -0.4 is 10.6 Å². The number of nitrogens with one attached hydrogen (secondary N) is 2. The summed E-state index contributed by atoms with van der Waals surface area (Å²) in [6, 6.07) is 0. The summed E-state index contributed by atoms with van der Waals surface area (Å²) in [6.45, 7) is 6.77. The van der Waals surface area contributed by atoms with Crippen LogP contribution in [0.3, 0.4) is 0 Å². The van der Waals surface area contributed by atoms with Gasteiger partial charge >= 0.3 is 0 Å². The molecule has 1 saturated heterocycles. The smallest absolute Gasteiger partial charge is 0.235 e. The van der Waals surface area contributed by atoms with Gasteiger partial charge in [0.05, 0.1) is 12.2 Å². The van der Waals surface area contributed by atoms with Gasteiger partial charge in [-0.2, -0.15) is 0 Å². The highest BCUT2D eigenvalue weighted by Crippen LogP contribution is 2.20. The second-order valence-electron chi connectivity index (χ2n) is 3.38. The van der Waals surface area contributed by atoms with Crippen molar-refractivity contribution < 1.29 is 4.79 Å². The molecule has 0 bridgehead atoms. The van der Waals surface area contributed by atoms with Crippen LogP contribution in [0.5, 0.6) is 0 Å². The quantitative estimate of drug-likeness (QED) is 0.610. The Morgan fingerprint density at radius 1 is 1.64 bits per heavy atom. The van der Waals surface area contributed by atoms with Crippen molar-refractivity contribution in [2.75, 3.05) is 6.54 Å². The van der Waals surface area contributed by atoms with E-state index in [0.717, 1.165) is 6.42 Å². The Kier molecular flexibility index (Phi) is 2.18. The molecule has 64 valence electrons. The Hall–Kier alpha value is -0.570. The Balaban J connectivity index is 2.70. The fraction of sp³-hybridized carbons (Fsp3) is 0.875. The van der Waals surface area contributed by atoms with Gasteiger partial charge in [-0.3, -0.25) is 10.1 Å². The highest BCUT2D eigenvalue weighted by atomic mass is 16.2. The van der Waals surface area contributed by atoms with E-state index in [4.69, 9.17) is 0 Å². The number of amides is 1. The van der Waals surface area contributed by atoms with Crippen molar-refractivity contribution in [1.29, 1.82) is 0 Å². The maximum Gasteiger partial charge on any atom is 0.235 e. The van der Waals surface area contributed by atoms with Crippen LogP contribution in [0.15, 0.2) is 0 Å². The molecule has 11 heavy (non-hydrogen) atoms. The first-order chi connectivity index (χ1) is 5.10. The Morgan fingerprint density at radius 3 is 2.45 bits per heavy atom. The van der Waals surface area contributed by atoms with Crippen LogP contribution in [0.1, 0.15) is 27.2 Å². The van der Waals surface area contributed by atoms with Crippen LogP contribution in [0, 0.1) is 5.92 Å². The molecule has 3 heteroatoms. The zero-order valence-electron chi connectivity index (χ0n) is 7.40. The molecule has 0 aromatic carbocycles. The van der Waals surface area contributed by atoms with Crippen LogP contribution in [0.25, 0.3) is 0 Å². The van der Waals surface area contributed by atoms with Gasteiger partial charge in [-0.25, -0.2) is 0 Å². The third kappa shape index (κ3) is 1.38. The summed E-state index contributed by atoms with van der Waals surface area (Å²) >= 11 is 0. The van der Waals surface area contributed by atoms with Gasteiger partial charge in [0, 0.05) is 0 Å². The van der Waals surface area contributed by atoms with Crippen molar-refractivity contribution in [3.05, 3.63) is 0 Å². The van der Waals surface area contributed by atoms with E-state index in [1.165, 1.54) is 0 Å². The van der Waals surface area contributed by atoms with E-state index < -0.39 is 0 Å². The molecular weight excluding hydrogens is 140 g/mol. The lowest BCUT2D eigenvalue weighted by Gasteiger charge is -2.32. The zero-order chi connectivity index (χ0) is 8.48. The minimum absolute atomic E-state index is 0.112. The Labute approximate surface area is 67.5 Å². The van der Waals surface area contributed by atoms with Crippen molar-refractivity contribution >= 4 is 5.91 Å². The van der Waals surface area contributed by atoms with E-state index in [1.807, 2.05) is 0 Å². The van der Waals surface area contributed by atoms with E-state index >= 15 is 0 Å². The maximum absolute atomic E-state index is 10.9. The molecule has 3 nitrogen and oxygen atoms in total. The van der Waals surface area contributed by atoms with Crippen molar-refractivity contribution in [3.63, 3.8) is 0 Å². The van der Waals surface area contributed by atoms with E-state index in [0.29, 0.717) is 12.5 Å². The zero-order valence-corrected chi connectivity index (χ0v) is 7.40. The lowest BCUT2D eigenvalue weighted by molar-refractivity contribution is -0.119. The normalized spacial score (nSPS) is 31.1. The first-order valence-electron chi connectivity index (χ1n) is 4.17. The standard InChI is InChI=1S/C8H16N2O/c1-4-8(6(2)3)9-5-7(11)10-8/h6,9H,4-5H2,1-3H3,(H,10,11). The van der Waals surface area contributed by atoms with E-state index in [1.54, 1.807) is 0 Å². The van der Waals surface area contributed by atoms with Gasteiger partial charge in [-0.1, -0.05) is 20.8 Å². The minimum Gasteiger partial charge on any atom is -0.337 e. The highest BCUT2D eigenvalue weighted by molar-refractivity contribution is 5.81. The highest BCUT2D eigenvalue weighted by Gasteiger charge is 2.37. The molecule has 2 N–H and O–H groups in total. The third-order valence-corrected chi connectivity index (χ3v) is 2.47. The van der Waals surface area contributed by atoms with Gasteiger partial charge in [0.1, 0.15) is 0 Å². The fourth-order valence-corrected chi connectivity index (χ4v) is 1.55. The van der Waals surface area contributed by atoms with Gasteiger partial charge in [0.25, 0.3) is 0 Å². The molecule has 1 heterocycles. The fourth-order valence-electron chi connectivity index (χ4n) is 1.55. The van der Waals surface area contributed by atoms with Gasteiger partial charge in [0.2, 0.25) is 5.91 Å². The summed E-state index contributed by atoms with van der Waals surface area (Å²) in [5, 5.41) is 6.17. The molecule has 1 amide bonds. The summed E-state index contributed by atoms with van der Waals surface area (Å²) in [5.74, 6) is 0.555. The summed E-state index contributed by atoms with van der Waals surface area (Å²) in [4.78, 5) is 10.9. The molecule has 1 rings (SSSR count). The molecule has 1 atom stereocenters. The number of carbonyl (C=O) groups is 1. The van der Waals surface area contributed by atoms with Crippen molar-refractivity contribution in [3.8, 4) is 0 Å². The van der Waals surface area contributed by atoms with E-state index in [2.05, 4.69) is 31.4 Å². The number of carbonyl (C=O) groups excluding carboxylic acids is 1. The topological polar surface area (TPSA) is 41.1 Å². The predicted octanol–water partition coefficient (Wildman–Crippen LogP) is 0.468. The Morgan fingerprint density at radius 2 is 2.27 bits per heavy atom. The molecule has 0 aliphatic carbocycles. The second-order valence-corrected chi connectivity index (χ2v) is 3.38. The van der Waals surface area contributed by atoms with Crippen LogP contribution in [0.2, 0.25) is 0 Å². The minimum atomic E-state index is -0.142. The largest absolute Gasteiger partial charge is 0.337 e. The van der Waals surface area contributed by atoms with Gasteiger partial charge < -0.3 is 5.32 Å². The first kappa shape index (κ1) is 8.53. The van der Waals surface area contributed by atoms with Gasteiger partial charge in [0.15, 0.2) is 0 Å². The maximum atomic E-state index is 10.9. The lowest BCUT2D eigenvalue weighted by Crippen LogP contribution is -2.53. The lowest BCUT2D eigenvalue weighted by atomic mass is 9.94. The Bertz CT molecular complexity index is 167.